The van der Waals surface area contributed by atoms with Crippen LogP contribution in [0, 0.1) is 9.49 Å². The van der Waals surface area contributed by atoms with Gasteiger partial charge in [-0.3, -0.25) is 4.79 Å². The number of Topliss-reactive ketones (excluding diaryl/α,β-unsaturated/α-hetero) is 1. The summed E-state index contributed by atoms with van der Waals surface area (Å²) in [4.78, 5) is 11.9. The summed E-state index contributed by atoms with van der Waals surface area (Å²) in [5.41, 5.74) is 1.15. The van der Waals surface area contributed by atoms with Crippen LogP contribution in [0.4, 0.5) is 0 Å². The Kier molecular flexibility index (Phi) is 5.01. The predicted molar refractivity (Wildman–Crippen MR) is 79.1 cm³/mol. The number of benzene rings is 1. The van der Waals surface area contributed by atoms with Crippen molar-refractivity contribution in [3.8, 4) is 0 Å². The Morgan fingerprint density at radius 3 is 2.47 bits per heavy atom. The van der Waals surface area contributed by atoms with Crippen LogP contribution >= 0.6 is 22.6 Å². The van der Waals surface area contributed by atoms with E-state index >= 15 is 0 Å². The van der Waals surface area contributed by atoms with Crippen molar-refractivity contribution in [3.63, 3.8) is 0 Å². The number of carbonyl (C=O) groups excluding carboxylic acids is 1. The highest BCUT2D eigenvalue weighted by Gasteiger charge is 2.16. The van der Waals surface area contributed by atoms with Crippen LogP contribution in [0.25, 0.3) is 0 Å². The molecule has 0 bridgehead atoms. The van der Waals surface area contributed by atoms with Crippen LogP contribution in [0.15, 0.2) is 24.3 Å². The monoisotopic (exact) mass is 342 g/mol. The molecule has 0 aromatic heterocycles. The minimum atomic E-state index is 0.401. The third kappa shape index (κ3) is 4.41. The summed E-state index contributed by atoms with van der Waals surface area (Å²) in [6.45, 7) is 0. The van der Waals surface area contributed by atoms with Crippen molar-refractivity contribution in [2.75, 3.05) is 0 Å². The summed E-state index contributed by atoms with van der Waals surface area (Å²) in [6.07, 6.45) is 7.93. The third-order valence-electron chi connectivity index (χ3n) is 3.62. The molecule has 1 saturated carbocycles. The molecule has 1 aromatic carbocycles. The van der Waals surface area contributed by atoms with Gasteiger partial charge in [0.15, 0.2) is 0 Å². The summed E-state index contributed by atoms with van der Waals surface area (Å²) in [5.74, 6) is 1.23. The molecule has 0 radical (unpaired) electrons. The van der Waals surface area contributed by atoms with E-state index < -0.39 is 0 Å². The Balaban J connectivity index is 1.74. The number of halogens is 1. The third-order valence-corrected chi connectivity index (χ3v) is 4.34. The van der Waals surface area contributed by atoms with Crippen molar-refractivity contribution in [3.05, 3.63) is 33.4 Å². The number of hydrogen-bond donors (Lipinski definition) is 0. The van der Waals surface area contributed by atoms with E-state index in [1.165, 1.54) is 29.3 Å². The van der Waals surface area contributed by atoms with Crippen molar-refractivity contribution in [1.29, 1.82) is 0 Å². The number of hydrogen-bond acceptors (Lipinski definition) is 1. The second-order valence-electron chi connectivity index (χ2n) is 5.03. The van der Waals surface area contributed by atoms with Gasteiger partial charge in [-0.1, -0.05) is 37.8 Å². The first-order valence-corrected chi connectivity index (χ1v) is 7.58. The summed E-state index contributed by atoms with van der Waals surface area (Å²) < 4.78 is 1.23. The van der Waals surface area contributed by atoms with Crippen LogP contribution in [0.2, 0.25) is 0 Å². The zero-order valence-corrected chi connectivity index (χ0v) is 12.3. The predicted octanol–water partition coefficient (Wildman–Crippen LogP) is 4.37. The molecule has 0 atom stereocenters. The van der Waals surface area contributed by atoms with Gasteiger partial charge in [-0.2, -0.15) is 0 Å². The van der Waals surface area contributed by atoms with Crippen molar-refractivity contribution in [2.45, 2.75) is 44.9 Å². The van der Waals surface area contributed by atoms with Crippen LogP contribution in [-0.4, -0.2) is 5.78 Å². The fourth-order valence-corrected chi connectivity index (χ4v) is 2.94. The van der Waals surface area contributed by atoms with Gasteiger partial charge in [0, 0.05) is 16.4 Å². The molecule has 0 saturated heterocycles. The fourth-order valence-electron chi connectivity index (χ4n) is 2.58. The fraction of sp³-hybridized carbons (Fsp3) is 0.533. The zero-order chi connectivity index (χ0) is 12.1. The summed E-state index contributed by atoms with van der Waals surface area (Å²) in [6, 6.07) is 8.27. The molecule has 2 rings (SSSR count). The smallest absolute Gasteiger partial charge is 0.137 e. The zero-order valence-electron chi connectivity index (χ0n) is 10.1. The van der Waals surface area contributed by atoms with Gasteiger partial charge in [0.05, 0.1) is 0 Å². The Labute approximate surface area is 117 Å². The maximum absolute atomic E-state index is 11.9. The molecule has 0 heterocycles. The largest absolute Gasteiger partial charge is 0.299 e. The highest BCUT2D eigenvalue weighted by atomic mass is 127. The molecular weight excluding hydrogens is 323 g/mol. The van der Waals surface area contributed by atoms with Crippen molar-refractivity contribution in [2.24, 2.45) is 5.92 Å². The van der Waals surface area contributed by atoms with Gasteiger partial charge in [0.2, 0.25) is 0 Å². The molecule has 92 valence electrons. The van der Waals surface area contributed by atoms with Crippen LogP contribution in [0.1, 0.15) is 44.1 Å². The topological polar surface area (TPSA) is 17.1 Å². The van der Waals surface area contributed by atoms with E-state index in [-0.39, 0.29) is 0 Å². The van der Waals surface area contributed by atoms with E-state index in [1.807, 2.05) is 0 Å². The first kappa shape index (κ1) is 13.1. The summed E-state index contributed by atoms with van der Waals surface area (Å²) >= 11 is 2.29. The Morgan fingerprint density at radius 1 is 1.18 bits per heavy atom. The van der Waals surface area contributed by atoms with Crippen LogP contribution < -0.4 is 0 Å². The minimum Gasteiger partial charge on any atom is -0.299 e. The highest BCUT2D eigenvalue weighted by Crippen LogP contribution is 2.28. The lowest BCUT2D eigenvalue weighted by molar-refractivity contribution is -0.118. The van der Waals surface area contributed by atoms with E-state index in [0.717, 1.165) is 24.3 Å². The molecule has 1 nitrogen and oxygen atoms in total. The molecule has 1 fully saturated rings. The SMILES string of the molecule is O=C(CCC1CCCC1)Cc1ccc(I)cc1. The lowest BCUT2D eigenvalue weighted by Gasteiger charge is -2.07. The highest BCUT2D eigenvalue weighted by molar-refractivity contribution is 14.1. The Bertz CT molecular complexity index is 363. The normalized spacial score (nSPS) is 16.3. The van der Waals surface area contributed by atoms with Crippen molar-refractivity contribution < 1.29 is 4.79 Å². The number of carbonyl (C=O) groups is 1. The second-order valence-corrected chi connectivity index (χ2v) is 6.28. The van der Waals surface area contributed by atoms with Gasteiger partial charge >= 0.3 is 0 Å². The van der Waals surface area contributed by atoms with Gasteiger partial charge in [-0.25, -0.2) is 0 Å². The van der Waals surface area contributed by atoms with Gasteiger partial charge in [0.1, 0.15) is 5.78 Å². The molecule has 0 N–H and O–H groups in total. The quantitative estimate of drug-likeness (QED) is 0.726. The van der Waals surface area contributed by atoms with E-state index in [2.05, 4.69) is 46.9 Å². The maximum atomic E-state index is 11.9. The van der Waals surface area contributed by atoms with Crippen LogP contribution in [0.3, 0.4) is 0 Å². The number of rotatable bonds is 5. The van der Waals surface area contributed by atoms with E-state index in [0.29, 0.717) is 12.2 Å². The van der Waals surface area contributed by atoms with E-state index in [9.17, 15) is 4.79 Å². The molecule has 0 amide bonds. The molecule has 0 aliphatic heterocycles. The molecular formula is C15H19IO. The molecule has 17 heavy (non-hydrogen) atoms. The molecule has 1 aliphatic rings. The molecule has 1 aromatic rings. The lowest BCUT2D eigenvalue weighted by atomic mass is 9.98. The van der Waals surface area contributed by atoms with Crippen LogP contribution in [-0.2, 0) is 11.2 Å². The van der Waals surface area contributed by atoms with Gasteiger partial charge in [-0.15, -0.1) is 0 Å². The summed E-state index contributed by atoms with van der Waals surface area (Å²) in [7, 11) is 0. The standard InChI is InChI=1S/C15H19IO/c16-14-8-5-13(6-9-14)11-15(17)10-7-12-3-1-2-4-12/h5-6,8-9,12H,1-4,7,10-11H2. The average molecular weight is 342 g/mol. The minimum absolute atomic E-state index is 0.401. The molecule has 0 unspecified atom stereocenters. The van der Waals surface area contributed by atoms with E-state index in [4.69, 9.17) is 0 Å². The average Bonchev–Trinajstić information content (AvgIpc) is 2.83. The first-order chi connectivity index (χ1) is 8.24. The first-order valence-electron chi connectivity index (χ1n) is 6.50. The molecule has 2 heteroatoms. The molecule has 0 spiro atoms. The Hall–Kier alpha value is -0.380. The number of ketones is 1. The van der Waals surface area contributed by atoms with E-state index in [1.54, 1.807) is 0 Å². The second kappa shape index (κ2) is 6.53. The maximum Gasteiger partial charge on any atom is 0.137 e. The van der Waals surface area contributed by atoms with Crippen molar-refractivity contribution >= 4 is 28.4 Å². The van der Waals surface area contributed by atoms with Crippen molar-refractivity contribution in [1.82, 2.24) is 0 Å². The van der Waals surface area contributed by atoms with Gasteiger partial charge < -0.3 is 0 Å². The lowest BCUT2D eigenvalue weighted by Crippen LogP contribution is -2.05. The van der Waals surface area contributed by atoms with Gasteiger partial charge in [-0.05, 0) is 52.6 Å². The summed E-state index contributed by atoms with van der Waals surface area (Å²) in [5, 5.41) is 0. The van der Waals surface area contributed by atoms with Crippen LogP contribution in [0.5, 0.6) is 0 Å². The van der Waals surface area contributed by atoms with Gasteiger partial charge in [0.25, 0.3) is 0 Å². The Morgan fingerprint density at radius 2 is 1.82 bits per heavy atom. The molecule has 1 aliphatic carbocycles.